The zero-order valence-electron chi connectivity index (χ0n) is 23.0. The van der Waals surface area contributed by atoms with Gasteiger partial charge in [-0.25, -0.2) is 4.39 Å². The topological polar surface area (TPSA) is 52.9 Å². The molecule has 0 radical (unpaired) electrons. The number of fused-ring (bicyclic) bond motifs is 2. The van der Waals surface area contributed by atoms with Crippen molar-refractivity contribution < 1.29 is 19.3 Å². The fourth-order valence-corrected chi connectivity index (χ4v) is 6.38. The quantitative estimate of drug-likeness (QED) is 0.432. The summed E-state index contributed by atoms with van der Waals surface area (Å²) in [5.74, 6) is -1.21. The lowest BCUT2D eigenvalue weighted by atomic mass is 9.71. The number of rotatable bonds is 7. The van der Waals surface area contributed by atoms with E-state index in [1.54, 1.807) is 6.08 Å². The molecule has 4 nitrogen and oxygen atoms in total. The van der Waals surface area contributed by atoms with Crippen LogP contribution in [0.3, 0.4) is 0 Å². The molecule has 3 unspecified atom stereocenters. The summed E-state index contributed by atoms with van der Waals surface area (Å²) in [6, 6.07) is 17.1. The second kappa shape index (κ2) is 10.4. The number of hydrogen-bond donors (Lipinski definition) is 2. The fraction of sp³-hybridized carbons (Fsp3) is 0.455. The van der Waals surface area contributed by atoms with Gasteiger partial charge in [-0.2, -0.15) is 0 Å². The number of ether oxygens (including phenoxy) is 1. The minimum absolute atomic E-state index is 0.0959. The molecule has 2 aliphatic heterocycles. The van der Waals surface area contributed by atoms with E-state index in [1.165, 1.54) is 17.7 Å². The molecule has 1 saturated heterocycles. The van der Waals surface area contributed by atoms with Gasteiger partial charge >= 0.3 is 0 Å². The minimum atomic E-state index is -2.08. The van der Waals surface area contributed by atoms with E-state index in [0.717, 1.165) is 49.1 Å². The lowest BCUT2D eigenvalue weighted by Crippen LogP contribution is -2.51. The molecule has 3 aliphatic rings. The Labute approximate surface area is 226 Å². The van der Waals surface area contributed by atoms with E-state index in [4.69, 9.17) is 4.74 Å². The van der Waals surface area contributed by atoms with Crippen molar-refractivity contribution in [1.82, 2.24) is 4.90 Å². The standard InChI is InChI=1S/C33H40FNO3/c1-22(10-11-24-12-14-27(34)15-13-24)23(2)26-18-30-31(33(36,37)19-26)28-21-35(20-25-8-6-5-7-9-25)17-16-29(28)32(3,4)38-30/h5-9,12-15,18-19,22-23,29,36-37H,10-11,16-17,20-21H2,1-4H3. The smallest absolute Gasteiger partial charge is 0.214 e. The number of likely N-dealkylation sites (tertiary alicyclic amines) is 1. The molecule has 2 heterocycles. The molecule has 2 N–H and O–H groups in total. The van der Waals surface area contributed by atoms with Crippen LogP contribution in [-0.4, -0.2) is 39.6 Å². The first-order valence-electron chi connectivity index (χ1n) is 13.9. The number of benzene rings is 2. The van der Waals surface area contributed by atoms with Crippen molar-refractivity contribution in [3.8, 4) is 0 Å². The normalized spacial score (nSPS) is 23.9. The third-order valence-corrected chi connectivity index (χ3v) is 8.79. The third kappa shape index (κ3) is 5.51. The maximum atomic E-state index is 13.3. The van der Waals surface area contributed by atoms with Crippen molar-refractivity contribution in [2.24, 2.45) is 17.8 Å². The molecule has 202 valence electrons. The van der Waals surface area contributed by atoms with Gasteiger partial charge in [0.15, 0.2) is 0 Å². The molecule has 5 rings (SSSR count). The van der Waals surface area contributed by atoms with Gasteiger partial charge in [0.1, 0.15) is 17.2 Å². The van der Waals surface area contributed by atoms with Crippen LogP contribution in [-0.2, 0) is 17.7 Å². The fourth-order valence-electron chi connectivity index (χ4n) is 6.38. The second-order valence-electron chi connectivity index (χ2n) is 12.0. The summed E-state index contributed by atoms with van der Waals surface area (Å²) in [4.78, 5) is 2.39. The van der Waals surface area contributed by atoms with Crippen molar-refractivity contribution in [3.05, 3.63) is 106 Å². The van der Waals surface area contributed by atoms with Crippen LogP contribution in [0.2, 0.25) is 0 Å². The average Bonchev–Trinajstić information content (AvgIpc) is 2.87. The van der Waals surface area contributed by atoms with Gasteiger partial charge < -0.3 is 14.9 Å². The lowest BCUT2D eigenvalue weighted by molar-refractivity contribution is -0.108. The van der Waals surface area contributed by atoms with Gasteiger partial charge in [0.05, 0.1) is 5.57 Å². The summed E-state index contributed by atoms with van der Waals surface area (Å²) in [5.41, 5.74) is 4.41. The van der Waals surface area contributed by atoms with E-state index in [2.05, 4.69) is 56.9 Å². The van der Waals surface area contributed by atoms with Crippen LogP contribution >= 0.6 is 0 Å². The van der Waals surface area contributed by atoms with Gasteiger partial charge in [-0.3, -0.25) is 4.90 Å². The first kappa shape index (κ1) is 26.9. The number of nitrogens with zero attached hydrogens (tertiary/aromatic N) is 1. The molecule has 0 bridgehead atoms. The summed E-state index contributed by atoms with van der Waals surface area (Å²) in [6.45, 7) is 11.0. The highest BCUT2D eigenvalue weighted by atomic mass is 19.1. The number of halogens is 1. The second-order valence-corrected chi connectivity index (χ2v) is 12.0. The highest BCUT2D eigenvalue weighted by molar-refractivity contribution is 5.52. The number of piperidine rings is 1. The van der Waals surface area contributed by atoms with Gasteiger partial charge in [-0.05, 0) is 98.0 Å². The molecule has 2 aromatic carbocycles. The molecule has 0 amide bonds. The number of aliphatic hydroxyl groups is 2. The molecule has 0 saturated carbocycles. The molecule has 1 fully saturated rings. The van der Waals surface area contributed by atoms with Crippen molar-refractivity contribution in [2.45, 2.75) is 64.9 Å². The Morgan fingerprint density at radius 2 is 1.74 bits per heavy atom. The van der Waals surface area contributed by atoms with Crippen molar-refractivity contribution >= 4 is 0 Å². The van der Waals surface area contributed by atoms with Gasteiger partial charge in [0, 0.05) is 19.0 Å². The Balaban J connectivity index is 1.38. The Hall–Kier alpha value is -2.73. The molecular weight excluding hydrogens is 477 g/mol. The maximum absolute atomic E-state index is 13.3. The molecule has 2 aromatic rings. The summed E-state index contributed by atoms with van der Waals surface area (Å²) < 4.78 is 19.8. The SMILES string of the molecule is CC(CCc1ccc(F)cc1)C(C)C1=CC(O)(O)C2=C3CN(Cc4ccccc4)CCC3C(C)(C)OC2=C1. The summed E-state index contributed by atoms with van der Waals surface area (Å²) in [6.07, 6.45) is 6.31. The summed E-state index contributed by atoms with van der Waals surface area (Å²) in [5, 5.41) is 22.9. The van der Waals surface area contributed by atoms with Crippen LogP contribution < -0.4 is 0 Å². The molecular formula is C33H40FNO3. The van der Waals surface area contributed by atoms with Gasteiger partial charge in [-0.15, -0.1) is 0 Å². The monoisotopic (exact) mass is 517 g/mol. The van der Waals surface area contributed by atoms with E-state index in [-0.39, 0.29) is 23.6 Å². The molecule has 0 spiro atoms. The largest absolute Gasteiger partial charge is 0.487 e. The molecule has 5 heteroatoms. The van der Waals surface area contributed by atoms with Crippen LogP contribution in [0.5, 0.6) is 0 Å². The lowest BCUT2D eigenvalue weighted by Gasteiger charge is -2.50. The van der Waals surface area contributed by atoms with Gasteiger partial charge in [0.25, 0.3) is 0 Å². The van der Waals surface area contributed by atoms with Crippen LogP contribution in [0.25, 0.3) is 0 Å². The van der Waals surface area contributed by atoms with Crippen molar-refractivity contribution in [3.63, 3.8) is 0 Å². The predicted molar refractivity (Wildman–Crippen MR) is 148 cm³/mol. The Kier molecular flexibility index (Phi) is 7.38. The number of hydrogen-bond acceptors (Lipinski definition) is 4. The van der Waals surface area contributed by atoms with Crippen LogP contribution in [0, 0.1) is 23.6 Å². The van der Waals surface area contributed by atoms with Crippen LogP contribution in [0.4, 0.5) is 4.39 Å². The van der Waals surface area contributed by atoms with E-state index < -0.39 is 11.4 Å². The van der Waals surface area contributed by atoms with E-state index in [1.807, 2.05) is 24.3 Å². The highest BCUT2D eigenvalue weighted by Crippen LogP contribution is 2.49. The molecule has 38 heavy (non-hydrogen) atoms. The summed E-state index contributed by atoms with van der Waals surface area (Å²) >= 11 is 0. The Morgan fingerprint density at radius 1 is 1.03 bits per heavy atom. The van der Waals surface area contributed by atoms with Crippen molar-refractivity contribution in [1.29, 1.82) is 0 Å². The predicted octanol–water partition coefficient (Wildman–Crippen LogP) is 6.16. The average molecular weight is 518 g/mol. The van der Waals surface area contributed by atoms with E-state index >= 15 is 0 Å². The molecule has 3 atom stereocenters. The number of allylic oxidation sites excluding steroid dienone is 2. The van der Waals surface area contributed by atoms with Gasteiger partial charge in [-0.1, -0.05) is 56.3 Å². The Bertz CT molecular complexity index is 1240. The van der Waals surface area contributed by atoms with Gasteiger partial charge in [0.2, 0.25) is 5.79 Å². The van der Waals surface area contributed by atoms with E-state index in [0.29, 0.717) is 17.9 Å². The maximum Gasteiger partial charge on any atom is 0.214 e. The minimum Gasteiger partial charge on any atom is -0.487 e. The van der Waals surface area contributed by atoms with Crippen LogP contribution in [0.1, 0.15) is 51.7 Å². The zero-order valence-corrected chi connectivity index (χ0v) is 23.0. The molecule has 0 aromatic heterocycles. The first-order chi connectivity index (χ1) is 18.0. The highest BCUT2D eigenvalue weighted by Gasteiger charge is 2.49. The summed E-state index contributed by atoms with van der Waals surface area (Å²) in [7, 11) is 0. The molecule has 1 aliphatic carbocycles. The number of aryl methyl sites for hydroxylation is 1. The third-order valence-electron chi connectivity index (χ3n) is 8.79. The first-order valence-corrected chi connectivity index (χ1v) is 13.9. The van der Waals surface area contributed by atoms with Crippen molar-refractivity contribution in [2.75, 3.05) is 13.1 Å². The Morgan fingerprint density at radius 3 is 2.45 bits per heavy atom. The van der Waals surface area contributed by atoms with E-state index in [9.17, 15) is 14.6 Å². The zero-order chi connectivity index (χ0) is 27.1. The van der Waals surface area contributed by atoms with Crippen LogP contribution in [0.15, 0.2) is 89.2 Å².